The third-order valence-electron chi connectivity index (χ3n) is 6.54. The van der Waals surface area contributed by atoms with Crippen molar-refractivity contribution >= 4 is 32.4 Å². The average molecular weight is 481 g/mol. The fourth-order valence-electron chi connectivity index (χ4n) is 5.11. The van der Waals surface area contributed by atoms with Gasteiger partial charge in [-0.1, -0.05) is 0 Å². The van der Waals surface area contributed by atoms with Crippen molar-refractivity contribution in [2.24, 2.45) is 5.41 Å². The summed E-state index contributed by atoms with van der Waals surface area (Å²) in [7, 11) is -3.24. The predicted octanol–water partition coefficient (Wildman–Crippen LogP) is 3.41. The van der Waals surface area contributed by atoms with Gasteiger partial charge in [0.15, 0.2) is 5.13 Å². The van der Waals surface area contributed by atoms with Gasteiger partial charge in [-0.05, 0) is 75.9 Å². The first kappa shape index (κ1) is 23.3. The van der Waals surface area contributed by atoms with Crippen molar-refractivity contribution in [2.75, 3.05) is 37.8 Å². The second-order valence-electron chi connectivity index (χ2n) is 9.63. The van der Waals surface area contributed by atoms with Crippen molar-refractivity contribution in [3.63, 3.8) is 0 Å². The van der Waals surface area contributed by atoms with Gasteiger partial charge in [0.25, 0.3) is 0 Å². The van der Waals surface area contributed by atoms with Crippen LogP contribution in [-0.2, 0) is 14.8 Å². The first-order chi connectivity index (χ1) is 15.0. The Morgan fingerprint density at radius 3 is 2.47 bits per heavy atom. The van der Waals surface area contributed by atoms with Gasteiger partial charge in [-0.25, -0.2) is 17.8 Å². The number of carbonyl (C=O) groups is 1. The lowest BCUT2D eigenvalue weighted by Crippen LogP contribution is -2.45. The number of amides is 1. The summed E-state index contributed by atoms with van der Waals surface area (Å²) in [6.45, 7) is 6.36. The molecule has 2 aliphatic heterocycles. The second kappa shape index (κ2) is 8.48. The topological polar surface area (TPSA) is 82.6 Å². The zero-order valence-electron chi connectivity index (χ0n) is 18.6. The van der Waals surface area contributed by atoms with Crippen molar-refractivity contribution in [3.05, 3.63) is 35.5 Å². The highest BCUT2D eigenvalue weighted by atomic mass is 32.2. The number of hydrogen-bond acceptors (Lipinski definition) is 6. The Morgan fingerprint density at radius 1 is 1.22 bits per heavy atom. The largest absolute Gasteiger partial charge is 0.301 e. The molecule has 7 nitrogen and oxygen atoms in total. The van der Waals surface area contributed by atoms with Crippen LogP contribution >= 0.6 is 11.3 Å². The van der Waals surface area contributed by atoms with Crippen LogP contribution in [-0.4, -0.2) is 66.5 Å². The molecule has 2 aliphatic rings. The predicted molar refractivity (Wildman–Crippen MR) is 124 cm³/mol. The zero-order chi connectivity index (χ0) is 23.1. The van der Waals surface area contributed by atoms with Gasteiger partial charge in [0.2, 0.25) is 15.9 Å². The Kier molecular flexibility index (Phi) is 6.17. The van der Waals surface area contributed by atoms with Gasteiger partial charge in [0.05, 0.1) is 18.5 Å². The van der Waals surface area contributed by atoms with Crippen LogP contribution in [0.15, 0.2) is 29.6 Å². The van der Waals surface area contributed by atoms with Crippen molar-refractivity contribution in [2.45, 2.75) is 38.6 Å². The number of aromatic nitrogens is 1. The molecule has 32 heavy (non-hydrogen) atoms. The Morgan fingerprint density at radius 2 is 1.88 bits per heavy atom. The highest BCUT2D eigenvalue weighted by Gasteiger charge is 2.52. The van der Waals surface area contributed by atoms with E-state index >= 15 is 0 Å². The third-order valence-corrected chi connectivity index (χ3v) is 8.72. The van der Waals surface area contributed by atoms with E-state index in [-0.39, 0.29) is 29.2 Å². The standard InChI is InChI=1S/C22H29FN4O3S2/c1-21(2)14-22(15-27(21)32(3,29)30)8-10-26(11-9-22)12-19(28)25-20-24-18(13-31-20)16-4-6-17(23)7-5-16/h4-7,13H,8-12,14-15H2,1-3H3,(H,24,25,28). The number of hydrogen-bond donors (Lipinski definition) is 1. The molecule has 0 aliphatic carbocycles. The number of nitrogens with one attached hydrogen (secondary N) is 1. The molecule has 1 aromatic carbocycles. The lowest BCUT2D eigenvalue weighted by Gasteiger charge is -2.39. The van der Waals surface area contributed by atoms with Gasteiger partial charge < -0.3 is 5.32 Å². The van der Waals surface area contributed by atoms with Crippen LogP contribution in [0, 0.1) is 11.2 Å². The molecule has 0 radical (unpaired) electrons. The third kappa shape index (κ3) is 5.03. The Bertz CT molecular complexity index is 1090. The lowest BCUT2D eigenvalue weighted by molar-refractivity contribution is -0.117. The number of anilines is 1. The zero-order valence-corrected chi connectivity index (χ0v) is 20.2. The van der Waals surface area contributed by atoms with Crippen molar-refractivity contribution in [1.29, 1.82) is 0 Å². The van der Waals surface area contributed by atoms with Gasteiger partial charge in [-0.2, -0.15) is 4.31 Å². The molecule has 2 saturated heterocycles. The number of halogens is 1. The quantitative estimate of drug-likeness (QED) is 0.709. The summed E-state index contributed by atoms with van der Waals surface area (Å²) in [6, 6.07) is 6.09. The fourth-order valence-corrected chi connectivity index (χ4v) is 7.32. The molecule has 0 saturated carbocycles. The second-order valence-corrected chi connectivity index (χ2v) is 12.4. The number of benzene rings is 1. The highest BCUT2D eigenvalue weighted by Crippen LogP contribution is 2.48. The summed E-state index contributed by atoms with van der Waals surface area (Å²) in [5.74, 6) is -0.420. The molecule has 0 bridgehead atoms. The van der Waals surface area contributed by atoms with E-state index in [4.69, 9.17) is 0 Å². The molecule has 3 heterocycles. The summed E-state index contributed by atoms with van der Waals surface area (Å²) >= 11 is 1.34. The first-order valence-electron chi connectivity index (χ1n) is 10.7. The van der Waals surface area contributed by atoms with Crippen LogP contribution in [0.1, 0.15) is 33.1 Å². The molecule has 10 heteroatoms. The van der Waals surface area contributed by atoms with Crippen LogP contribution in [0.2, 0.25) is 0 Å². The SMILES string of the molecule is CC1(C)CC2(CCN(CC(=O)Nc3nc(-c4ccc(F)cc4)cs3)CC2)CN1S(C)(=O)=O. The minimum Gasteiger partial charge on any atom is -0.301 e. The summed E-state index contributed by atoms with van der Waals surface area (Å²) < 4.78 is 39.2. The molecule has 2 aromatic rings. The van der Waals surface area contributed by atoms with E-state index in [9.17, 15) is 17.6 Å². The van der Waals surface area contributed by atoms with E-state index in [2.05, 4.69) is 15.2 Å². The van der Waals surface area contributed by atoms with Gasteiger partial charge in [0, 0.05) is 23.0 Å². The molecular weight excluding hydrogens is 451 g/mol. The summed E-state index contributed by atoms with van der Waals surface area (Å²) in [4.78, 5) is 19.1. The van der Waals surface area contributed by atoms with E-state index in [1.165, 1.54) is 29.7 Å². The molecule has 1 aromatic heterocycles. The van der Waals surface area contributed by atoms with Gasteiger partial charge in [-0.3, -0.25) is 9.69 Å². The normalized spacial score (nSPS) is 21.1. The Labute approximate surface area is 192 Å². The maximum Gasteiger partial charge on any atom is 0.240 e. The van der Waals surface area contributed by atoms with E-state index in [0.717, 1.165) is 37.9 Å². The lowest BCUT2D eigenvalue weighted by atomic mass is 9.74. The molecule has 1 amide bonds. The van der Waals surface area contributed by atoms with Crippen molar-refractivity contribution in [3.8, 4) is 11.3 Å². The fraction of sp³-hybridized carbons (Fsp3) is 0.545. The summed E-state index contributed by atoms with van der Waals surface area (Å²) in [5.41, 5.74) is 1.11. The Hall–Kier alpha value is -1.88. The molecule has 4 rings (SSSR count). The highest BCUT2D eigenvalue weighted by molar-refractivity contribution is 7.88. The minimum atomic E-state index is -3.24. The van der Waals surface area contributed by atoms with Crippen LogP contribution < -0.4 is 5.32 Å². The van der Waals surface area contributed by atoms with Crippen molar-refractivity contribution < 1.29 is 17.6 Å². The molecule has 0 atom stereocenters. The van der Waals surface area contributed by atoms with Gasteiger partial charge >= 0.3 is 0 Å². The van der Waals surface area contributed by atoms with Crippen LogP contribution in [0.5, 0.6) is 0 Å². The molecule has 1 spiro atoms. The maximum atomic E-state index is 13.1. The van der Waals surface area contributed by atoms with E-state index in [1.807, 2.05) is 19.2 Å². The van der Waals surface area contributed by atoms with Crippen LogP contribution in [0.25, 0.3) is 11.3 Å². The summed E-state index contributed by atoms with van der Waals surface area (Å²) in [5, 5.41) is 5.21. The number of carbonyl (C=O) groups excluding carboxylic acids is 1. The summed E-state index contributed by atoms with van der Waals surface area (Å²) in [6.07, 6.45) is 3.88. The number of nitrogens with zero attached hydrogens (tertiary/aromatic N) is 3. The smallest absolute Gasteiger partial charge is 0.240 e. The molecule has 0 unspecified atom stereocenters. The molecule has 2 fully saturated rings. The first-order valence-corrected chi connectivity index (χ1v) is 13.4. The average Bonchev–Trinajstić information content (AvgIpc) is 3.26. The molecule has 1 N–H and O–H groups in total. The number of rotatable bonds is 5. The van der Waals surface area contributed by atoms with Gasteiger partial charge in [-0.15, -0.1) is 11.3 Å². The van der Waals surface area contributed by atoms with E-state index in [1.54, 1.807) is 16.4 Å². The number of sulfonamides is 1. The number of likely N-dealkylation sites (tertiary alicyclic amines) is 1. The Balaban J connectivity index is 1.30. The minimum absolute atomic E-state index is 0.0150. The molecule has 174 valence electrons. The molecular formula is C22H29FN4O3S2. The monoisotopic (exact) mass is 480 g/mol. The van der Waals surface area contributed by atoms with Crippen LogP contribution in [0.4, 0.5) is 9.52 Å². The maximum absolute atomic E-state index is 13.1. The van der Waals surface area contributed by atoms with Crippen molar-refractivity contribution in [1.82, 2.24) is 14.2 Å². The van der Waals surface area contributed by atoms with E-state index in [0.29, 0.717) is 17.4 Å². The number of thiazole rings is 1. The van der Waals surface area contributed by atoms with Gasteiger partial charge in [0.1, 0.15) is 5.82 Å². The van der Waals surface area contributed by atoms with E-state index < -0.39 is 10.0 Å². The van der Waals surface area contributed by atoms with Crippen LogP contribution in [0.3, 0.4) is 0 Å². The number of piperidine rings is 1.